The Morgan fingerprint density at radius 1 is 1.06 bits per heavy atom. The van der Waals surface area contributed by atoms with Crippen LogP contribution in [0, 0.1) is 5.92 Å². The van der Waals surface area contributed by atoms with Gasteiger partial charge in [-0.25, -0.2) is 4.79 Å². The maximum Gasteiger partial charge on any atom is 0.409 e. The van der Waals surface area contributed by atoms with Crippen LogP contribution >= 0.6 is 0 Å². The molecule has 32 heavy (non-hydrogen) atoms. The average molecular weight is 434 g/mol. The molecular formula is C26H31N3O3. The highest BCUT2D eigenvalue weighted by atomic mass is 16.5. The Labute approximate surface area is 189 Å². The number of nitrogens with one attached hydrogen (secondary N) is 1. The van der Waals surface area contributed by atoms with E-state index in [0.29, 0.717) is 12.5 Å². The van der Waals surface area contributed by atoms with Gasteiger partial charge in [-0.2, -0.15) is 0 Å². The molecule has 0 saturated heterocycles. The quantitative estimate of drug-likeness (QED) is 0.692. The number of nitrogens with zero attached hydrogens (tertiary/aromatic N) is 2. The van der Waals surface area contributed by atoms with E-state index in [1.54, 1.807) is 4.90 Å². The minimum atomic E-state index is -0.992. The summed E-state index contributed by atoms with van der Waals surface area (Å²) in [7, 11) is 0. The summed E-state index contributed by atoms with van der Waals surface area (Å²) in [5.74, 6) is 0.0747. The number of para-hydroxylation sites is 1. The summed E-state index contributed by atoms with van der Waals surface area (Å²) < 4.78 is 5.38. The molecule has 1 fully saturated rings. The summed E-state index contributed by atoms with van der Waals surface area (Å²) >= 11 is 0. The molecule has 1 aliphatic heterocycles. The number of rotatable bonds is 6. The van der Waals surface area contributed by atoms with Crippen molar-refractivity contribution in [2.75, 3.05) is 11.4 Å². The van der Waals surface area contributed by atoms with Crippen LogP contribution in [0.4, 0.5) is 10.5 Å². The van der Waals surface area contributed by atoms with E-state index in [2.05, 4.69) is 11.4 Å². The number of aliphatic imine (C=N–C) groups is 1. The number of benzodiazepines with no additional fused rings is 1. The number of hydrogen-bond acceptors (Lipinski definition) is 4. The predicted molar refractivity (Wildman–Crippen MR) is 126 cm³/mol. The molecule has 1 saturated carbocycles. The van der Waals surface area contributed by atoms with Gasteiger partial charge < -0.3 is 9.64 Å². The first kappa shape index (κ1) is 22.1. The normalized spacial score (nSPS) is 19.0. The highest BCUT2D eigenvalue weighted by molar-refractivity contribution is 6.14. The summed E-state index contributed by atoms with van der Waals surface area (Å²) in [6.07, 6.45) is 4.85. The van der Waals surface area contributed by atoms with E-state index in [9.17, 15) is 9.59 Å². The van der Waals surface area contributed by atoms with Crippen LogP contribution in [-0.2, 0) is 16.1 Å². The van der Waals surface area contributed by atoms with E-state index in [4.69, 9.17) is 9.73 Å². The predicted octanol–water partition coefficient (Wildman–Crippen LogP) is 5.07. The molecule has 1 aliphatic carbocycles. The zero-order valence-electron chi connectivity index (χ0n) is 18.6. The number of ether oxygens (including phenoxy) is 1. The number of benzene rings is 2. The third-order valence-corrected chi connectivity index (χ3v) is 6.15. The van der Waals surface area contributed by atoms with Crippen molar-refractivity contribution in [1.29, 1.82) is 0 Å². The van der Waals surface area contributed by atoms with Crippen LogP contribution in [-0.4, -0.2) is 30.4 Å². The van der Waals surface area contributed by atoms with Crippen molar-refractivity contribution in [3.63, 3.8) is 0 Å². The van der Waals surface area contributed by atoms with E-state index in [-0.39, 0.29) is 12.5 Å². The Kier molecular flexibility index (Phi) is 7.20. The Bertz CT molecular complexity index is 967. The molecule has 2 aromatic carbocycles. The average Bonchev–Trinajstić information content (AvgIpc) is 2.95. The minimum absolute atomic E-state index is 0.145. The van der Waals surface area contributed by atoms with Crippen LogP contribution < -0.4 is 10.2 Å². The second-order valence-electron chi connectivity index (χ2n) is 8.46. The van der Waals surface area contributed by atoms with E-state index in [1.807, 2.05) is 55.5 Å². The van der Waals surface area contributed by atoms with E-state index < -0.39 is 12.3 Å². The third kappa shape index (κ3) is 5.01. The second kappa shape index (κ2) is 10.4. The highest BCUT2D eigenvalue weighted by Crippen LogP contribution is 2.34. The Hall–Kier alpha value is -3.15. The standard InChI is InChI=1S/C26H31N3O3/c1-2-17-29-22-16-10-9-15-21(22)23(20-13-7-4-8-14-20)27-24(25(29)30)28-26(31)32-18-19-11-5-3-6-12-19/h3,5-6,9-12,15-16,20,24H,2,4,7-8,13-14,17-18H2,1H3,(H,28,31)/t24-/m1/s1. The molecule has 6 nitrogen and oxygen atoms in total. The smallest absolute Gasteiger partial charge is 0.409 e. The van der Waals surface area contributed by atoms with Crippen LogP contribution in [0.5, 0.6) is 0 Å². The molecule has 4 rings (SSSR count). The van der Waals surface area contributed by atoms with Crippen LogP contribution in [0.1, 0.15) is 56.6 Å². The van der Waals surface area contributed by atoms with Gasteiger partial charge in [0.1, 0.15) is 6.61 Å². The molecule has 1 N–H and O–H groups in total. The molecular weight excluding hydrogens is 402 g/mol. The lowest BCUT2D eigenvalue weighted by Gasteiger charge is -2.26. The van der Waals surface area contributed by atoms with Crippen LogP contribution in [0.25, 0.3) is 0 Å². The Morgan fingerprint density at radius 2 is 1.78 bits per heavy atom. The topological polar surface area (TPSA) is 71.0 Å². The summed E-state index contributed by atoms with van der Waals surface area (Å²) in [5.41, 5.74) is 3.70. The number of amides is 2. The zero-order valence-corrected chi connectivity index (χ0v) is 18.6. The van der Waals surface area contributed by atoms with Crippen molar-refractivity contribution in [3.8, 4) is 0 Å². The van der Waals surface area contributed by atoms with Crippen LogP contribution in [0.3, 0.4) is 0 Å². The maximum absolute atomic E-state index is 13.5. The fraction of sp³-hybridized carbons (Fsp3) is 0.423. The van der Waals surface area contributed by atoms with Gasteiger partial charge in [0.2, 0.25) is 6.17 Å². The first-order valence-corrected chi connectivity index (χ1v) is 11.6. The van der Waals surface area contributed by atoms with Gasteiger partial charge in [-0.1, -0.05) is 74.7 Å². The number of anilines is 1. The summed E-state index contributed by atoms with van der Waals surface area (Å²) in [4.78, 5) is 32.7. The van der Waals surface area contributed by atoms with Gasteiger partial charge in [-0.05, 0) is 30.9 Å². The summed E-state index contributed by atoms with van der Waals surface area (Å²) in [6, 6.07) is 17.5. The van der Waals surface area contributed by atoms with Crippen molar-refractivity contribution in [3.05, 3.63) is 65.7 Å². The molecule has 2 amide bonds. The minimum Gasteiger partial charge on any atom is -0.445 e. The molecule has 6 heteroatoms. The number of fused-ring (bicyclic) bond motifs is 1. The first-order chi connectivity index (χ1) is 15.7. The van der Waals surface area contributed by atoms with E-state index in [0.717, 1.165) is 54.6 Å². The van der Waals surface area contributed by atoms with Gasteiger partial charge >= 0.3 is 6.09 Å². The molecule has 2 aromatic rings. The van der Waals surface area contributed by atoms with Crippen LogP contribution in [0.15, 0.2) is 59.6 Å². The summed E-state index contributed by atoms with van der Waals surface area (Å²) in [5, 5.41) is 2.73. The molecule has 0 aromatic heterocycles. The van der Waals surface area contributed by atoms with Crippen LogP contribution in [0.2, 0.25) is 0 Å². The number of carbonyl (C=O) groups excluding carboxylic acids is 2. The van der Waals surface area contributed by atoms with E-state index >= 15 is 0 Å². The molecule has 1 heterocycles. The monoisotopic (exact) mass is 433 g/mol. The molecule has 2 aliphatic rings. The lowest BCUT2D eigenvalue weighted by atomic mass is 9.83. The van der Waals surface area contributed by atoms with Crippen molar-refractivity contribution >= 4 is 23.4 Å². The molecule has 0 unspecified atom stereocenters. The van der Waals surface area contributed by atoms with Crippen molar-refractivity contribution < 1.29 is 14.3 Å². The van der Waals surface area contributed by atoms with Gasteiger partial charge in [-0.3, -0.25) is 15.1 Å². The SMILES string of the molecule is CCCN1C(=O)[C@@H](NC(=O)OCc2ccccc2)N=C(C2CCCCC2)c2ccccc21. The number of carbonyl (C=O) groups is 2. The summed E-state index contributed by atoms with van der Waals surface area (Å²) in [6.45, 7) is 2.76. The van der Waals surface area contributed by atoms with Gasteiger partial charge in [0, 0.05) is 18.0 Å². The lowest BCUT2D eigenvalue weighted by molar-refractivity contribution is -0.120. The number of alkyl carbamates (subject to hydrolysis) is 1. The first-order valence-electron chi connectivity index (χ1n) is 11.6. The fourth-order valence-corrected chi connectivity index (χ4v) is 4.58. The molecule has 168 valence electrons. The van der Waals surface area contributed by atoms with Crippen molar-refractivity contribution in [1.82, 2.24) is 5.32 Å². The Morgan fingerprint density at radius 3 is 2.53 bits per heavy atom. The van der Waals surface area contributed by atoms with Gasteiger partial charge in [-0.15, -0.1) is 0 Å². The lowest BCUT2D eigenvalue weighted by Crippen LogP contribution is -2.47. The van der Waals surface area contributed by atoms with Crippen molar-refractivity contribution in [2.24, 2.45) is 10.9 Å². The third-order valence-electron chi connectivity index (χ3n) is 6.15. The fourth-order valence-electron chi connectivity index (χ4n) is 4.58. The van der Waals surface area contributed by atoms with E-state index in [1.165, 1.54) is 6.42 Å². The molecule has 0 spiro atoms. The molecule has 1 atom stereocenters. The second-order valence-corrected chi connectivity index (χ2v) is 8.46. The zero-order chi connectivity index (χ0) is 22.3. The van der Waals surface area contributed by atoms with Gasteiger partial charge in [0.15, 0.2) is 0 Å². The van der Waals surface area contributed by atoms with Crippen molar-refractivity contribution in [2.45, 2.75) is 58.2 Å². The molecule has 0 radical (unpaired) electrons. The maximum atomic E-state index is 13.5. The van der Waals surface area contributed by atoms with Gasteiger partial charge in [0.25, 0.3) is 5.91 Å². The molecule has 0 bridgehead atoms. The number of hydrogen-bond donors (Lipinski definition) is 1. The largest absolute Gasteiger partial charge is 0.445 e. The highest BCUT2D eigenvalue weighted by Gasteiger charge is 2.34. The van der Waals surface area contributed by atoms with Gasteiger partial charge in [0.05, 0.1) is 11.4 Å². The Balaban J connectivity index is 1.61.